The van der Waals surface area contributed by atoms with Crippen LogP contribution in [0.25, 0.3) is 0 Å². The first-order chi connectivity index (χ1) is 10.0. The fourth-order valence-corrected chi connectivity index (χ4v) is 2.02. The molecule has 0 atom stereocenters. The van der Waals surface area contributed by atoms with Crippen LogP contribution >= 0.6 is 11.6 Å². The molecule has 0 fully saturated rings. The molecule has 0 aliphatic heterocycles. The molecule has 5 heteroatoms. The summed E-state index contributed by atoms with van der Waals surface area (Å²) in [4.78, 5) is 11.0. The molecule has 0 saturated carbocycles. The van der Waals surface area contributed by atoms with E-state index in [0.717, 1.165) is 29.6 Å². The predicted octanol–water partition coefficient (Wildman–Crippen LogP) is 3.26. The van der Waals surface area contributed by atoms with Crippen LogP contribution in [0.1, 0.15) is 25.1 Å². The van der Waals surface area contributed by atoms with Crippen LogP contribution in [0.15, 0.2) is 36.7 Å². The van der Waals surface area contributed by atoms with Crippen molar-refractivity contribution in [3.05, 3.63) is 52.9 Å². The lowest BCUT2D eigenvalue weighted by molar-refractivity contribution is 0.580. The normalized spacial score (nSPS) is 10.9. The highest BCUT2D eigenvalue weighted by molar-refractivity contribution is 6.30. The van der Waals surface area contributed by atoms with E-state index in [-0.39, 0.29) is 0 Å². The first-order valence-electron chi connectivity index (χ1n) is 7.04. The number of nitrogens with one attached hydrogen (secondary N) is 1. The lowest BCUT2D eigenvalue weighted by Gasteiger charge is -2.18. The van der Waals surface area contributed by atoms with E-state index in [1.165, 1.54) is 5.56 Å². The molecule has 21 heavy (non-hydrogen) atoms. The third kappa shape index (κ3) is 4.99. The van der Waals surface area contributed by atoms with Gasteiger partial charge in [0, 0.05) is 31.2 Å². The largest absolute Gasteiger partial charge is 0.354 e. The Morgan fingerprint density at radius 3 is 2.43 bits per heavy atom. The second-order valence-corrected chi connectivity index (χ2v) is 5.82. The lowest BCUT2D eigenvalue weighted by atomic mass is 10.2. The van der Waals surface area contributed by atoms with Crippen LogP contribution in [-0.4, -0.2) is 23.1 Å². The summed E-state index contributed by atoms with van der Waals surface area (Å²) in [7, 11) is 2.00. The van der Waals surface area contributed by atoms with Gasteiger partial charge in [0.05, 0.1) is 18.1 Å². The Morgan fingerprint density at radius 1 is 1.14 bits per heavy atom. The first-order valence-corrected chi connectivity index (χ1v) is 7.42. The van der Waals surface area contributed by atoms with Gasteiger partial charge in [0.2, 0.25) is 0 Å². The van der Waals surface area contributed by atoms with Crippen LogP contribution in [0, 0.1) is 0 Å². The SMILES string of the molecule is CC(C)NCc1cnc(N(C)Cc2ccc(Cl)cc2)cn1. The highest BCUT2D eigenvalue weighted by Crippen LogP contribution is 2.14. The summed E-state index contributed by atoms with van der Waals surface area (Å²) in [6.07, 6.45) is 3.64. The average Bonchev–Trinajstić information content (AvgIpc) is 2.48. The minimum absolute atomic E-state index is 0.444. The van der Waals surface area contributed by atoms with E-state index in [1.807, 2.05) is 43.7 Å². The van der Waals surface area contributed by atoms with Crippen molar-refractivity contribution in [1.29, 1.82) is 0 Å². The van der Waals surface area contributed by atoms with Crippen LogP contribution in [0.3, 0.4) is 0 Å². The molecule has 4 nitrogen and oxygen atoms in total. The van der Waals surface area contributed by atoms with Crippen molar-refractivity contribution in [3.8, 4) is 0 Å². The van der Waals surface area contributed by atoms with Gasteiger partial charge in [-0.1, -0.05) is 37.6 Å². The molecule has 0 spiro atoms. The van der Waals surface area contributed by atoms with E-state index in [4.69, 9.17) is 11.6 Å². The van der Waals surface area contributed by atoms with Crippen molar-refractivity contribution in [2.45, 2.75) is 33.0 Å². The quantitative estimate of drug-likeness (QED) is 0.889. The monoisotopic (exact) mass is 304 g/mol. The molecule has 1 aromatic carbocycles. The van der Waals surface area contributed by atoms with Crippen molar-refractivity contribution < 1.29 is 0 Å². The van der Waals surface area contributed by atoms with Gasteiger partial charge in [-0.15, -0.1) is 0 Å². The number of nitrogens with zero attached hydrogens (tertiary/aromatic N) is 3. The van der Waals surface area contributed by atoms with E-state index in [0.29, 0.717) is 6.04 Å². The summed E-state index contributed by atoms with van der Waals surface area (Å²) in [6.45, 7) is 5.74. The van der Waals surface area contributed by atoms with Crippen LogP contribution in [0.5, 0.6) is 0 Å². The van der Waals surface area contributed by atoms with E-state index in [2.05, 4.69) is 34.0 Å². The first kappa shape index (κ1) is 15.7. The molecular weight excluding hydrogens is 284 g/mol. The Labute approximate surface area is 131 Å². The number of rotatable bonds is 6. The molecule has 0 unspecified atom stereocenters. The van der Waals surface area contributed by atoms with Gasteiger partial charge in [-0.2, -0.15) is 0 Å². The zero-order valence-electron chi connectivity index (χ0n) is 12.7. The van der Waals surface area contributed by atoms with E-state index < -0.39 is 0 Å². The summed E-state index contributed by atoms with van der Waals surface area (Å²) in [5, 5.41) is 4.08. The highest BCUT2D eigenvalue weighted by atomic mass is 35.5. The van der Waals surface area contributed by atoms with Gasteiger partial charge in [0.1, 0.15) is 5.82 Å². The Kier molecular flexibility index (Phi) is 5.53. The minimum Gasteiger partial charge on any atom is -0.354 e. The summed E-state index contributed by atoms with van der Waals surface area (Å²) in [6, 6.07) is 8.29. The van der Waals surface area contributed by atoms with E-state index >= 15 is 0 Å². The van der Waals surface area contributed by atoms with Gasteiger partial charge in [-0.05, 0) is 17.7 Å². The Balaban J connectivity index is 1.96. The summed E-state index contributed by atoms with van der Waals surface area (Å²) in [5.74, 6) is 0.859. The summed E-state index contributed by atoms with van der Waals surface area (Å²) in [5.41, 5.74) is 2.14. The molecule has 0 radical (unpaired) electrons. The minimum atomic E-state index is 0.444. The fraction of sp³-hybridized carbons (Fsp3) is 0.375. The molecule has 0 aliphatic rings. The molecule has 112 valence electrons. The maximum absolute atomic E-state index is 5.89. The van der Waals surface area contributed by atoms with Crippen molar-refractivity contribution in [2.24, 2.45) is 0 Å². The summed E-state index contributed by atoms with van der Waals surface area (Å²) >= 11 is 5.89. The lowest BCUT2D eigenvalue weighted by Crippen LogP contribution is -2.23. The zero-order valence-corrected chi connectivity index (χ0v) is 13.4. The van der Waals surface area contributed by atoms with Gasteiger partial charge >= 0.3 is 0 Å². The topological polar surface area (TPSA) is 41.1 Å². The Bertz CT molecular complexity index is 551. The number of anilines is 1. The highest BCUT2D eigenvalue weighted by Gasteiger charge is 2.05. The van der Waals surface area contributed by atoms with Gasteiger partial charge in [-0.25, -0.2) is 4.98 Å². The zero-order chi connectivity index (χ0) is 15.2. The molecular formula is C16H21ClN4. The molecule has 1 aromatic heterocycles. The Morgan fingerprint density at radius 2 is 1.86 bits per heavy atom. The molecule has 0 aliphatic carbocycles. The molecule has 2 aromatic rings. The molecule has 0 bridgehead atoms. The van der Waals surface area contributed by atoms with Crippen LogP contribution in [0.4, 0.5) is 5.82 Å². The van der Waals surface area contributed by atoms with Crippen molar-refractivity contribution in [1.82, 2.24) is 15.3 Å². The van der Waals surface area contributed by atoms with Crippen molar-refractivity contribution in [2.75, 3.05) is 11.9 Å². The number of hydrogen-bond donors (Lipinski definition) is 1. The second kappa shape index (κ2) is 7.38. The van der Waals surface area contributed by atoms with Gasteiger partial charge in [0.25, 0.3) is 0 Å². The van der Waals surface area contributed by atoms with E-state index in [9.17, 15) is 0 Å². The van der Waals surface area contributed by atoms with E-state index in [1.54, 1.807) is 0 Å². The van der Waals surface area contributed by atoms with Gasteiger partial charge in [0.15, 0.2) is 0 Å². The van der Waals surface area contributed by atoms with Crippen LogP contribution in [-0.2, 0) is 13.1 Å². The van der Waals surface area contributed by atoms with Crippen molar-refractivity contribution in [3.63, 3.8) is 0 Å². The van der Waals surface area contributed by atoms with Crippen LogP contribution < -0.4 is 10.2 Å². The molecule has 2 rings (SSSR count). The average molecular weight is 305 g/mol. The second-order valence-electron chi connectivity index (χ2n) is 5.38. The number of benzene rings is 1. The Hall–Kier alpha value is -1.65. The van der Waals surface area contributed by atoms with Crippen LogP contribution in [0.2, 0.25) is 5.02 Å². The molecule has 1 N–H and O–H groups in total. The third-order valence-electron chi connectivity index (χ3n) is 3.11. The van der Waals surface area contributed by atoms with Gasteiger partial charge < -0.3 is 10.2 Å². The maximum atomic E-state index is 5.89. The summed E-state index contributed by atoms with van der Waals surface area (Å²) < 4.78 is 0. The smallest absolute Gasteiger partial charge is 0.147 e. The molecule has 0 saturated heterocycles. The van der Waals surface area contributed by atoms with Crippen molar-refractivity contribution >= 4 is 17.4 Å². The number of hydrogen-bond acceptors (Lipinski definition) is 4. The van der Waals surface area contributed by atoms with Gasteiger partial charge in [-0.3, -0.25) is 4.98 Å². The number of aromatic nitrogens is 2. The third-order valence-corrected chi connectivity index (χ3v) is 3.36. The predicted molar refractivity (Wildman–Crippen MR) is 87.6 cm³/mol. The standard InChI is InChI=1S/C16H21ClN4/c1-12(2)18-8-15-9-20-16(10-19-15)21(3)11-13-4-6-14(17)7-5-13/h4-7,9-10,12,18H,8,11H2,1-3H3. The molecule has 0 amide bonds. The molecule has 1 heterocycles. The fourth-order valence-electron chi connectivity index (χ4n) is 1.89. The maximum Gasteiger partial charge on any atom is 0.147 e. The number of halogens is 1.